The lowest BCUT2D eigenvalue weighted by molar-refractivity contribution is -0.207. The van der Waals surface area contributed by atoms with Crippen molar-refractivity contribution in [2.45, 2.75) is 126 Å². The smallest absolute Gasteiger partial charge is 0.0625 e. The van der Waals surface area contributed by atoms with E-state index in [-0.39, 0.29) is 5.41 Å². The second-order valence-corrected chi connectivity index (χ2v) is 15.5. The van der Waals surface area contributed by atoms with E-state index in [1.165, 1.54) is 64.2 Å². The van der Waals surface area contributed by atoms with Crippen LogP contribution in [0.15, 0.2) is 11.6 Å². The molecule has 0 heterocycles. The highest BCUT2D eigenvalue weighted by Gasteiger charge is 2.67. The summed E-state index contributed by atoms with van der Waals surface area (Å²) in [5.41, 5.74) is 4.53. The molecule has 182 valence electrons. The van der Waals surface area contributed by atoms with Gasteiger partial charge in [0, 0.05) is 7.11 Å². The van der Waals surface area contributed by atoms with E-state index in [4.69, 9.17) is 4.74 Å². The van der Waals surface area contributed by atoms with Crippen LogP contribution in [0.5, 0.6) is 0 Å². The lowest BCUT2D eigenvalue weighted by Gasteiger charge is -2.71. The van der Waals surface area contributed by atoms with Crippen molar-refractivity contribution in [3.8, 4) is 0 Å². The molecule has 0 aromatic carbocycles. The minimum atomic E-state index is 0.284. The zero-order valence-electron chi connectivity index (χ0n) is 22.9. The number of methoxy groups -OCH3 is 1. The standard InChI is InChI=1S/C31H52O/c1-26(2)16-17-28(5)18-19-30(7)21(22(28)20-26)10-11-24-29(6)14-13-25(32-9)27(3,4)23(29)12-15-31(24,30)8/h10,22-25H,11-20H2,1-9H3. The summed E-state index contributed by atoms with van der Waals surface area (Å²) in [7, 11) is 1.95. The fraction of sp³-hybridized carbons (Fsp3) is 0.935. The van der Waals surface area contributed by atoms with Gasteiger partial charge in [0.05, 0.1) is 6.10 Å². The van der Waals surface area contributed by atoms with Crippen LogP contribution < -0.4 is 0 Å². The maximum atomic E-state index is 6.05. The van der Waals surface area contributed by atoms with E-state index in [1.807, 2.05) is 12.7 Å². The Morgan fingerprint density at radius 3 is 2.16 bits per heavy atom. The first kappa shape index (κ1) is 23.4. The maximum absolute atomic E-state index is 6.05. The van der Waals surface area contributed by atoms with E-state index in [9.17, 15) is 0 Å². The minimum absolute atomic E-state index is 0.284. The second-order valence-electron chi connectivity index (χ2n) is 15.5. The summed E-state index contributed by atoms with van der Waals surface area (Å²) in [6, 6.07) is 0. The lowest BCUT2D eigenvalue weighted by atomic mass is 9.33. The number of allylic oxidation sites excluding steroid dienone is 2. The molecule has 0 saturated heterocycles. The summed E-state index contributed by atoms with van der Waals surface area (Å²) in [5.74, 6) is 2.42. The molecule has 1 nitrogen and oxygen atoms in total. The summed E-state index contributed by atoms with van der Waals surface area (Å²) in [6.07, 6.45) is 17.1. The van der Waals surface area contributed by atoms with Gasteiger partial charge >= 0.3 is 0 Å². The van der Waals surface area contributed by atoms with Crippen LogP contribution in [-0.4, -0.2) is 13.2 Å². The summed E-state index contributed by atoms with van der Waals surface area (Å²) in [6.45, 7) is 20.9. The van der Waals surface area contributed by atoms with Gasteiger partial charge in [0.15, 0.2) is 0 Å². The number of hydrogen-bond donors (Lipinski definition) is 0. The number of ether oxygens (including phenoxy) is 1. The molecule has 0 N–H and O–H groups in total. The van der Waals surface area contributed by atoms with Crippen molar-refractivity contribution in [3.63, 3.8) is 0 Å². The molecule has 0 spiro atoms. The number of rotatable bonds is 1. The van der Waals surface area contributed by atoms with Crippen LogP contribution in [0.25, 0.3) is 0 Å². The topological polar surface area (TPSA) is 9.23 Å². The van der Waals surface area contributed by atoms with Crippen molar-refractivity contribution in [3.05, 3.63) is 11.6 Å². The predicted molar refractivity (Wildman–Crippen MR) is 136 cm³/mol. The van der Waals surface area contributed by atoms with E-state index in [2.05, 4.69) is 61.5 Å². The van der Waals surface area contributed by atoms with Crippen LogP contribution in [0, 0.1) is 50.2 Å². The second kappa shape index (κ2) is 6.89. The first-order valence-corrected chi connectivity index (χ1v) is 14.0. The van der Waals surface area contributed by atoms with Gasteiger partial charge in [0.25, 0.3) is 0 Å². The molecule has 1 heteroatoms. The molecule has 8 unspecified atom stereocenters. The Bertz CT molecular complexity index is 805. The maximum Gasteiger partial charge on any atom is 0.0625 e. The highest BCUT2D eigenvalue weighted by molar-refractivity contribution is 5.33. The molecular weight excluding hydrogens is 388 g/mol. The normalized spacial score (nSPS) is 53.8. The molecule has 4 fully saturated rings. The molecule has 0 amide bonds. The monoisotopic (exact) mass is 440 g/mol. The van der Waals surface area contributed by atoms with Gasteiger partial charge < -0.3 is 4.74 Å². The van der Waals surface area contributed by atoms with Gasteiger partial charge in [-0.25, -0.2) is 0 Å². The molecule has 5 aliphatic rings. The van der Waals surface area contributed by atoms with Crippen LogP contribution in [0.2, 0.25) is 0 Å². The number of fused-ring (bicyclic) bond motifs is 7. The van der Waals surface area contributed by atoms with E-state index >= 15 is 0 Å². The van der Waals surface area contributed by atoms with Gasteiger partial charge in [-0.15, -0.1) is 0 Å². The van der Waals surface area contributed by atoms with E-state index in [0.717, 1.165) is 17.8 Å². The van der Waals surface area contributed by atoms with Crippen LogP contribution in [-0.2, 0) is 4.74 Å². The Hall–Kier alpha value is -0.300. The first-order valence-electron chi connectivity index (χ1n) is 14.0. The minimum Gasteiger partial charge on any atom is -0.381 e. The highest BCUT2D eigenvalue weighted by Crippen LogP contribution is 2.75. The molecule has 0 aromatic heterocycles. The Balaban J connectivity index is 1.56. The van der Waals surface area contributed by atoms with Gasteiger partial charge in [0.1, 0.15) is 0 Å². The molecule has 0 radical (unpaired) electrons. The molecule has 32 heavy (non-hydrogen) atoms. The molecule has 5 aliphatic carbocycles. The lowest BCUT2D eigenvalue weighted by Crippen LogP contribution is -2.64. The van der Waals surface area contributed by atoms with Gasteiger partial charge in [-0.05, 0) is 114 Å². The number of hydrogen-bond acceptors (Lipinski definition) is 1. The SMILES string of the molecule is COC1CCC2(C)C(CCC3(C)C2CC=C2C4CC(C)(C)CCC4(C)CCC23C)C1(C)C. The quantitative estimate of drug-likeness (QED) is 0.370. The van der Waals surface area contributed by atoms with E-state index in [1.54, 1.807) is 0 Å². The van der Waals surface area contributed by atoms with Crippen molar-refractivity contribution in [1.82, 2.24) is 0 Å². The van der Waals surface area contributed by atoms with Crippen LogP contribution in [0.4, 0.5) is 0 Å². The fourth-order valence-corrected chi connectivity index (χ4v) is 10.9. The molecule has 8 atom stereocenters. The summed E-state index contributed by atoms with van der Waals surface area (Å²) in [5, 5.41) is 0. The summed E-state index contributed by atoms with van der Waals surface area (Å²) < 4.78 is 6.05. The third kappa shape index (κ3) is 2.85. The van der Waals surface area contributed by atoms with Gasteiger partial charge in [0.2, 0.25) is 0 Å². The predicted octanol–water partition coefficient (Wildman–Crippen LogP) is 8.82. The Kier molecular flexibility index (Phi) is 5.05. The van der Waals surface area contributed by atoms with Gasteiger partial charge in [-0.2, -0.15) is 0 Å². The Morgan fingerprint density at radius 1 is 0.781 bits per heavy atom. The van der Waals surface area contributed by atoms with Gasteiger partial charge in [-0.3, -0.25) is 0 Å². The Labute approximate surface area is 199 Å². The molecule has 5 rings (SSSR count). The van der Waals surface area contributed by atoms with E-state index in [0.29, 0.717) is 33.2 Å². The van der Waals surface area contributed by atoms with E-state index < -0.39 is 0 Å². The van der Waals surface area contributed by atoms with Crippen LogP contribution >= 0.6 is 0 Å². The van der Waals surface area contributed by atoms with Crippen molar-refractivity contribution >= 4 is 0 Å². The summed E-state index contributed by atoms with van der Waals surface area (Å²) >= 11 is 0. The average molecular weight is 441 g/mol. The fourth-order valence-electron chi connectivity index (χ4n) is 10.9. The van der Waals surface area contributed by atoms with Crippen LogP contribution in [0.1, 0.15) is 120 Å². The first-order chi connectivity index (χ1) is 14.7. The average Bonchev–Trinajstić information content (AvgIpc) is 2.69. The third-order valence-electron chi connectivity index (χ3n) is 13.3. The third-order valence-corrected chi connectivity index (χ3v) is 13.3. The van der Waals surface area contributed by atoms with Crippen molar-refractivity contribution in [2.24, 2.45) is 50.2 Å². The summed E-state index contributed by atoms with van der Waals surface area (Å²) in [4.78, 5) is 0. The molecule has 0 aromatic rings. The van der Waals surface area contributed by atoms with Crippen molar-refractivity contribution in [1.29, 1.82) is 0 Å². The van der Waals surface area contributed by atoms with Gasteiger partial charge in [-0.1, -0.05) is 67.0 Å². The Morgan fingerprint density at radius 2 is 1.47 bits per heavy atom. The largest absolute Gasteiger partial charge is 0.381 e. The molecule has 4 saturated carbocycles. The molecule has 0 aliphatic heterocycles. The van der Waals surface area contributed by atoms with Crippen molar-refractivity contribution in [2.75, 3.05) is 7.11 Å². The molecule has 0 bridgehead atoms. The molecular formula is C31H52O. The van der Waals surface area contributed by atoms with Crippen molar-refractivity contribution < 1.29 is 4.74 Å². The zero-order chi connectivity index (χ0) is 23.4. The van der Waals surface area contributed by atoms with Crippen LogP contribution in [0.3, 0.4) is 0 Å². The zero-order valence-corrected chi connectivity index (χ0v) is 22.9. The highest BCUT2D eigenvalue weighted by atomic mass is 16.5.